The molecule has 4 rings (SSSR count). The number of rotatable bonds is 8. The Hall–Kier alpha value is -3.53. The minimum absolute atomic E-state index is 0.366. The number of hydrogen-bond donors (Lipinski definition) is 1. The lowest BCUT2D eigenvalue weighted by molar-refractivity contribution is 0.161. The first-order chi connectivity index (χ1) is 15.1. The van der Waals surface area contributed by atoms with Gasteiger partial charge in [0.25, 0.3) is 0 Å². The molecule has 0 radical (unpaired) electrons. The van der Waals surface area contributed by atoms with Crippen LogP contribution in [-0.4, -0.2) is 24.1 Å². The van der Waals surface area contributed by atoms with Crippen molar-refractivity contribution in [3.63, 3.8) is 0 Å². The molecule has 1 amide bonds. The van der Waals surface area contributed by atoms with E-state index in [9.17, 15) is 14.4 Å². The van der Waals surface area contributed by atoms with Crippen LogP contribution in [0.5, 0.6) is 5.75 Å². The number of nitrogens with zero attached hydrogens (tertiary/aromatic N) is 2. The number of amides is 1. The summed E-state index contributed by atoms with van der Waals surface area (Å²) >= 11 is 0. The van der Waals surface area contributed by atoms with Crippen molar-refractivity contribution in [3.05, 3.63) is 48.0 Å². The Bertz CT molecular complexity index is 1130. The van der Waals surface area contributed by atoms with Crippen LogP contribution in [0.3, 0.4) is 0 Å². The number of nitrogens with one attached hydrogen (secondary N) is 1. The highest BCUT2D eigenvalue weighted by molar-refractivity contribution is 5.95. The number of benzene rings is 2. The summed E-state index contributed by atoms with van der Waals surface area (Å²) in [4.78, 5) is 11.8. The molecule has 0 aliphatic heterocycles. The molecule has 0 atom stereocenters. The molecule has 0 spiro atoms. The maximum Gasteiger partial charge on any atom is 0.411 e. The van der Waals surface area contributed by atoms with Crippen LogP contribution >= 0.6 is 0 Å². The van der Waals surface area contributed by atoms with Crippen LogP contribution in [-0.2, 0) is 11.3 Å². The van der Waals surface area contributed by atoms with Crippen molar-refractivity contribution in [2.45, 2.75) is 32.7 Å². The molecule has 2 aromatic carbocycles. The van der Waals surface area contributed by atoms with Gasteiger partial charge in [-0.3, -0.25) is 5.32 Å². The summed E-state index contributed by atoms with van der Waals surface area (Å²) in [6.45, 7) is 2.19. The Morgan fingerprint density at radius 3 is 2.68 bits per heavy atom. The van der Waals surface area contributed by atoms with Crippen LogP contribution in [0.15, 0.2) is 42.5 Å². The van der Waals surface area contributed by atoms with Gasteiger partial charge in [0.15, 0.2) is 0 Å². The normalized spacial score (nSPS) is 13.1. The number of halogens is 1. The minimum atomic E-state index is -0.901. The van der Waals surface area contributed by atoms with Crippen molar-refractivity contribution < 1.29 is 18.7 Å². The van der Waals surface area contributed by atoms with Crippen LogP contribution in [0.4, 0.5) is 14.9 Å². The highest BCUT2D eigenvalue weighted by Crippen LogP contribution is 2.39. The molecule has 0 unspecified atom stereocenters. The van der Waals surface area contributed by atoms with Crippen molar-refractivity contribution in [1.29, 1.82) is 5.26 Å². The Balaban J connectivity index is 1.73. The van der Waals surface area contributed by atoms with Gasteiger partial charge in [-0.25, -0.2) is 9.18 Å². The molecule has 160 valence electrons. The molecule has 7 heteroatoms. The van der Waals surface area contributed by atoms with Crippen molar-refractivity contribution >= 4 is 22.7 Å². The Labute approximate surface area is 180 Å². The summed E-state index contributed by atoms with van der Waals surface area (Å²) in [5.41, 5.74) is 3.74. The van der Waals surface area contributed by atoms with Crippen molar-refractivity contribution in [2.75, 3.05) is 18.8 Å². The van der Waals surface area contributed by atoms with E-state index in [0.29, 0.717) is 29.5 Å². The van der Waals surface area contributed by atoms with E-state index in [4.69, 9.17) is 9.47 Å². The molecule has 1 aliphatic rings. The fourth-order valence-corrected chi connectivity index (χ4v) is 3.70. The van der Waals surface area contributed by atoms with Crippen molar-refractivity contribution in [3.8, 4) is 23.1 Å². The van der Waals surface area contributed by atoms with Gasteiger partial charge in [0, 0.05) is 23.7 Å². The van der Waals surface area contributed by atoms with Crippen LogP contribution < -0.4 is 10.1 Å². The molecule has 31 heavy (non-hydrogen) atoms. The number of fused-ring (bicyclic) bond motifs is 1. The van der Waals surface area contributed by atoms with Gasteiger partial charge in [0.2, 0.25) is 6.86 Å². The summed E-state index contributed by atoms with van der Waals surface area (Å²) in [5, 5.41) is 13.5. The third-order valence-corrected chi connectivity index (χ3v) is 5.35. The van der Waals surface area contributed by atoms with Gasteiger partial charge in [0.05, 0.1) is 23.4 Å². The predicted molar refractivity (Wildman–Crippen MR) is 117 cm³/mol. The van der Waals surface area contributed by atoms with Crippen molar-refractivity contribution in [1.82, 2.24) is 4.57 Å². The number of ether oxygens (including phenoxy) is 2. The zero-order valence-electron chi connectivity index (χ0n) is 17.4. The van der Waals surface area contributed by atoms with Gasteiger partial charge in [-0.15, -0.1) is 0 Å². The number of carbonyl (C=O) groups excluding carboxylic acids is 1. The Kier molecular flexibility index (Phi) is 6.08. The van der Waals surface area contributed by atoms with Crippen LogP contribution in [0.2, 0.25) is 0 Å². The van der Waals surface area contributed by atoms with E-state index in [1.54, 1.807) is 24.3 Å². The molecule has 6 nitrogen and oxygen atoms in total. The number of hydrogen-bond acceptors (Lipinski definition) is 4. The molecule has 1 heterocycles. The van der Waals surface area contributed by atoms with Gasteiger partial charge in [-0.1, -0.05) is 19.1 Å². The van der Waals surface area contributed by atoms with E-state index in [-0.39, 0.29) is 0 Å². The first-order valence-electron chi connectivity index (χ1n) is 10.4. The van der Waals surface area contributed by atoms with Crippen LogP contribution in [0.1, 0.15) is 31.7 Å². The van der Waals surface area contributed by atoms with E-state index < -0.39 is 13.0 Å². The Morgan fingerprint density at radius 1 is 1.26 bits per heavy atom. The molecular formula is C24H24FN3O3. The largest absolute Gasteiger partial charge is 0.463 e. The fraction of sp³-hybridized carbons (Fsp3) is 0.333. The molecule has 1 fully saturated rings. The average molecular weight is 421 g/mol. The second kappa shape index (κ2) is 9.09. The molecule has 0 saturated heterocycles. The molecule has 0 bridgehead atoms. The van der Waals surface area contributed by atoms with E-state index in [2.05, 4.69) is 16.0 Å². The smallest absolute Gasteiger partial charge is 0.411 e. The minimum Gasteiger partial charge on any atom is -0.463 e. The molecule has 3 aromatic rings. The van der Waals surface area contributed by atoms with Gasteiger partial charge in [-0.2, -0.15) is 5.26 Å². The number of carbonyl (C=O) groups is 1. The summed E-state index contributed by atoms with van der Waals surface area (Å²) in [6.07, 6.45) is 2.58. The molecule has 1 aromatic heterocycles. The van der Waals surface area contributed by atoms with Crippen molar-refractivity contribution in [2.24, 2.45) is 5.92 Å². The predicted octanol–water partition coefficient (Wildman–Crippen LogP) is 5.85. The quantitative estimate of drug-likeness (QED) is 0.495. The van der Waals surface area contributed by atoms with Gasteiger partial charge in [-0.05, 0) is 55.0 Å². The maximum atomic E-state index is 12.7. The lowest BCUT2D eigenvalue weighted by atomic mass is 10.1. The third kappa shape index (κ3) is 4.48. The summed E-state index contributed by atoms with van der Waals surface area (Å²) in [6, 6.07) is 15.0. The topological polar surface area (TPSA) is 76.3 Å². The van der Waals surface area contributed by atoms with E-state index >= 15 is 0 Å². The zero-order chi connectivity index (χ0) is 21.8. The SMILES string of the molecule is CCCOC(=O)Nc1ccc(-c2c(C#N)c3ccc(OCF)cc3n2CC2CC2)cc1. The lowest BCUT2D eigenvalue weighted by Gasteiger charge is -2.12. The lowest BCUT2D eigenvalue weighted by Crippen LogP contribution is -2.13. The highest BCUT2D eigenvalue weighted by atomic mass is 19.1. The van der Waals surface area contributed by atoms with E-state index in [0.717, 1.165) is 48.0 Å². The van der Waals surface area contributed by atoms with Crippen LogP contribution in [0, 0.1) is 17.2 Å². The number of nitriles is 1. The standard InChI is InChI=1S/C24H24FN3O3/c1-2-11-30-24(29)27-18-7-5-17(6-8-18)23-21(13-26)20-10-9-19(31-15-25)12-22(20)28(23)14-16-3-4-16/h5-10,12,16H,2-4,11,14-15H2,1H3,(H,27,29). The monoisotopic (exact) mass is 421 g/mol. The summed E-state index contributed by atoms with van der Waals surface area (Å²) < 4.78 is 24.9. The first-order valence-corrected chi connectivity index (χ1v) is 10.4. The van der Waals surface area contributed by atoms with Gasteiger partial charge < -0.3 is 14.0 Å². The second-order valence-electron chi connectivity index (χ2n) is 7.66. The number of aromatic nitrogens is 1. The highest BCUT2D eigenvalue weighted by Gasteiger charge is 2.26. The fourth-order valence-electron chi connectivity index (χ4n) is 3.70. The average Bonchev–Trinajstić information content (AvgIpc) is 3.55. The molecular weight excluding hydrogens is 397 g/mol. The first kappa shape index (κ1) is 20.7. The van der Waals surface area contributed by atoms with Gasteiger partial charge >= 0.3 is 6.09 Å². The Morgan fingerprint density at radius 2 is 2.03 bits per heavy atom. The maximum absolute atomic E-state index is 12.7. The van der Waals surface area contributed by atoms with Gasteiger partial charge in [0.1, 0.15) is 11.8 Å². The van der Waals surface area contributed by atoms with E-state index in [1.165, 1.54) is 0 Å². The second-order valence-corrected chi connectivity index (χ2v) is 7.66. The molecule has 1 aliphatic carbocycles. The van der Waals surface area contributed by atoms with Crippen LogP contribution in [0.25, 0.3) is 22.2 Å². The summed E-state index contributed by atoms with van der Waals surface area (Å²) in [5.74, 6) is 1.01. The zero-order valence-corrected chi connectivity index (χ0v) is 17.4. The van der Waals surface area contributed by atoms with E-state index in [1.807, 2.05) is 25.1 Å². The third-order valence-electron chi connectivity index (χ3n) is 5.35. The number of alkyl halides is 1. The molecule has 1 N–H and O–H groups in total. The molecule has 1 saturated carbocycles. The number of anilines is 1. The summed E-state index contributed by atoms with van der Waals surface area (Å²) in [7, 11) is 0.